The first-order valence-electron chi connectivity index (χ1n) is 3.11. The molecule has 11 heavy (non-hydrogen) atoms. The Morgan fingerprint density at radius 2 is 2.09 bits per heavy atom. The molecule has 1 aliphatic rings. The van der Waals surface area contributed by atoms with Crippen molar-refractivity contribution in [3.05, 3.63) is 12.2 Å². The van der Waals surface area contributed by atoms with Crippen LogP contribution < -0.4 is 0 Å². The number of dihydropyridines is 1. The van der Waals surface area contributed by atoms with Crippen LogP contribution >= 0.6 is 0 Å². The van der Waals surface area contributed by atoms with Crippen molar-refractivity contribution in [1.29, 1.82) is 0 Å². The zero-order valence-electron chi connectivity index (χ0n) is 6.40. The van der Waals surface area contributed by atoms with Gasteiger partial charge < -0.3 is 9.47 Å². The van der Waals surface area contributed by atoms with Crippen LogP contribution in [0.1, 0.15) is 0 Å². The molecule has 0 spiro atoms. The first-order chi connectivity index (χ1) is 5.22. The Morgan fingerprint density at radius 1 is 1.45 bits per heavy atom. The van der Waals surface area contributed by atoms with Crippen molar-refractivity contribution >= 4 is 12.0 Å². The standard InChI is InChI=1S/C7H9NO3/c1-10-7(11-2)4-3-6(9)5-8-7/h3-5H,1-2H3. The molecular formula is C7H9NO3. The Kier molecular flexibility index (Phi) is 2.16. The molecule has 1 heterocycles. The van der Waals surface area contributed by atoms with Crippen molar-refractivity contribution in [3.8, 4) is 0 Å². The molecule has 1 rings (SSSR count). The molecule has 0 bridgehead atoms. The van der Waals surface area contributed by atoms with Crippen molar-refractivity contribution in [2.45, 2.75) is 5.91 Å². The minimum Gasteiger partial charge on any atom is -0.331 e. The molecule has 4 heteroatoms. The van der Waals surface area contributed by atoms with E-state index in [4.69, 9.17) is 9.47 Å². The number of hydrogen-bond acceptors (Lipinski definition) is 4. The van der Waals surface area contributed by atoms with E-state index in [1.165, 1.54) is 32.6 Å². The van der Waals surface area contributed by atoms with Crippen molar-refractivity contribution in [1.82, 2.24) is 0 Å². The Balaban J connectivity index is 2.81. The summed E-state index contributed by atoms with van der Waals surface area (Å²) in [4.78, 5) is 14.4. The quantitative estimate of drug-likeness (QED) is 0.533. The zero-order valence-corrected chi connectivity index (χ0v) is 6.40. The largest absolute Gasteiger partial charge is 0.331 e. The predicted molar refractivity (Wildman–Crippen MR) is 39.4 cm³/mol. The summed E-state index contributed by atoms with van der Waals surface area (Å²) < 4.78 is 9.83. The molecule has 0 radical (unpaired) electrons. The number of carbonyl (C=O) groups is 1. The van der Waals surface area contributed by atoms with Gasteiger partial charge in [-0.25, -0.2) is 4.99 Å². The van der Waals surface area contributed by atoms with Gasteiger partial charge in [-0.1, -0.05) is 0 Å². The average molecular weight is 155 g/mol. The third kappa shape index (κ3) is 1.53. The van der Waals surface area contributed by atoms with Gasteiger partial charge in [0.05, 0.1) is 6.21 Å². The number of nitrogens with zero attached hydrogens (tertiary/aromatic N) is 1. The van der Waals surface area contributed by atoms with Crippen molar-refractivity contribution in [2.75, 3.05) is 14.2 Å². The number of ether oxygens (including phenoxy) is 2. The molecule has 0 aliphatic carbocycles. The molecule has 0 aromatic carbocycles. The SMILES string of the molecule is COC1(OC)C=CC(=O)C=N1. The summed E-state index contributed by atoms with van der Waals surface area (Å²) in [6, 6.07) is 0. The van der Waals surface area contributed by atoms with E-state index in [-0.39, 0.29) is 5.78 Å². The van der Waals surface area contributed by atoms with Gasteiger partial charge in [-0.05, 0) is 6.08 Å². The number of allylic oxidation sites excluding steroid dienone is 1. The van der Waals surface area contributed by atoms with Crippen LogP contribution in [0.25, 0.3) is 0 Å². The van der Waals surface area contributed by atoms with E-state index in [1.807, 2.05) is 0 Å². The molecule has 0 amide bonds. The number of ketones is 1. The Bertz CT molecular complexity index is 198. The second kappa shape index (κ2) is 2.94. The van der Waals surface area contributed by atoms with E-state index < -0.39 is 5.91 Å². The summed E-state index contributed by atoms with van der Waals surface area (Å²) in [5.41, 5.74) is 0. The lowest BCUT2D eigenvalue weighted by Gasteiger charge is -2.23. The molecule has 0 N–H and O–H groups in total. The normalized spacial score (nSPS) is 20.7. The van der Waals surface area contributed by atoms with Gasteiger partial charge in [0.1, 0.15) is 0 Å². The molecule has 0 aromatic rings. The molecular weight excluding hydrogens is 146 g/mol. The smallest absolute Gasteiger partial charge is 0.290 e. The molecule has 0 atom stereocenters. The maximum Gasteiger partial charge on any atom is 0.290 e. The number of hydrogen-bond donors (Lipinski definition) is 0. The minimum atomic E-state index is -1.09. The highest BCUT2D eigenvalue weighted by molar-refractivity contribution is 6.33. The number of methoxy groups -OCH3 is 2. The Hall–Kier alpha value is -1.00. The fraction of sp³-hybridized carbons (Fsp3) is 0.429. The fourth-order valence-corrected chi connectivity index (χ4v) is 0.752. The Labute approximate surface area is 64.5 Å². The summed E-state index contributed by atoms with van der Waals surface area (Å²) in [7, 11) is 2.92. The molecule has 60 valence electrons. The van der Waals surface area contributed by atoms with Gasteiger partial charge in [-0.2, -0.15) is 0 Å². The summed E-state index contributed by atoms with van der Waals surface area (Å²) in [5.74, 6) is -1.25. The molecule has 0 aromatic heterocycles. The van der Waals surface area contributed by atoms with Crippen LogP contribution in [0.5, 0.6) is 0 Å². The maximum atomic E-state index is 10.6. The lowest BCUT2D eigenvalue weighted by Crippen LogP contribution is -2.31. The van der Waals surface area contributed by atoms with E-state index in [0.717, 1.165) is 0 Å². The number of carbonyl (C=O) groups excluding carboxylic acids is 1. The molecule has 0 unspecified atom stereocenters. The first kappa shape index (κ1) is 8.10. The average Bonchev–Trinajstić information content (AvgIpc) is 2.07. The molecule has 4 nitrogen and oxygen atoms in total. The Morgan fingerprint density at radius 3 is 2.45 bits per heavy atom. The van der Waals surface area contributed by atoms with Gasteiger partial charge in [0.2, 0.25) is 0 Å². The topological polar surface area (TPSA) is 47.9 Å². The second-order valence-corrected chi connectivity index (χ2v) is 2.03. The van der Waals surface area contributed by atoms with Gasteiger partial charge in [0.25, 0.3) is 5.91 Å². The van der Waals surface area contributed by atoms with E-state index in [0.29, 0.717) is 0 Å². The fourth-order valence-electron chi connectivity index (χ4n) is 0.752. The number of rotatable bonds is 2. The summed E-state index contributed by atoms with van der Waals surface area (Å²) in [6.45, 7) is 0. The molecule has 0 saturated heterocycles. The van der Waals surface area contributed by atoms with Gasteiger partial charge in [-0.3, -0.25) is 4.79 Å². The van der Waals surface area contributed by atoms with Crippen LogP contribution in [-0.4, -0.2) is 32.1 Å². The third-order valence-electron chi connectivity index (χ3n) is 1.41. The van der Waals surface area contributed by atoms with Crippen LogP contribution in [-0.2, 0) is 14.3 Å². The molecule has 0 saturated carbocycles. The number of aliphatic imine (C=N–C) groups is 1. The second-order valence-electron chi connectivity index (χ2n) is 2.03. The van der Waals surface area contributed by atoms with E-state index in [2.05, 4.69) is 4.99 Å². The van der Waals surface area contributed by atoms with Crippen LogP contribution in [0.2, 0.25) is 0 Å². The summed E-state index contributed by atoms with van der Waals surface area (Å²) >= 11 is 0. The van der Waals surface area contributed by atoms with Gasteiger partial charge in [-0.15, -0.1) is 0 Å². The van der Waals surface area contributed by atoms with Gasteiger partial charge in [0.15, 0.2) is 5.78 Å². The van der Waals surface area contributed by atoms with Crippen LogP contribution in [0.15, 0.2) is 17.1 Å². The highest BCUT2D eigenvalue weighted by Crippen LogP contribution is 2.16. The summed E-state index contributed by atoms with van der Waals surface area (Å²) in [6.07, 6.45) is 4.00. The third-order valence-corrected chi connectivity index (χ3v) is 1.41. The van der Waals surface area contributed by atoms with Crippen LogP contribution in [0.3, 0.4) is 0 Å². The van der Waals surface area contributed by atoms with E-state index in [1.54, 1.807) is 0 Å². The maximum absolute atomic E-state index is 10.6. The van der Waals surface area contributed by atoms with Crippen molar-refractivity contribution in [2.24, 2.45) is 4.99 Å². The lowest BCUT2D eigenvalue weighted by atomic mass is 10.3. The van der Waals surface area contributed by atoms with E-state index >= 15 is 0 Å². The van der Waals surface area contributed by atoms with Crippen molar-refractivity contribution < 1.29 is 14.3 Å². The minimum absolute atomic E-state index is 0.158. The zero-order chi connectivity index (χ0) is 8.32. The monoisotopic (exact) mass is 155 g/mol. The van der Waals surface area contributed by atoms with Crippen LogP contribution in [0, 0.1) is 0 Å². The summed E-state index contributed by atoms with van der Waals surface area (Å²) in [5, 5.41) is 0. The van der Waals surface area contributed by atoms with Gasteiger partial charge in [0, 0.05) is 20.3 Å². The highest BCUT2D eigenvalue weighted by atomic mass is 16.7. The molecule has 0 fully saturated rings. The predicted octanol–water partition coefficient (Wildman–Crippen LogP) is 0.143. The van der Waals surface area contributed by atoms with Gasteiger partial charge >= 0.3 is 0 Å². The molecule has 1 aliphatic heterocycles. The highest BCUT2D eigenvalue weighted by Gasteiger charge is 2.26. The van der Waals surface area contributed by atoms with Crippen molar-refractivity contribution in [3.63, 3.8) is 0 Å². The van der Waals surface area contributed by atoms with E-state index in [9.17, 15) is 4.79 Å². The first-order valence-corrected chi connectivity index (χ1v) is 3.11. The lowest BCUT2D eigenvalue weighted by molar-refractivity contribution is -0.164. The van der Waals surface area contributed by atoms with Crippen LogP contribution in [0.4, 0.5) is 0 Å².